The third-order valence-electron chi connectivity index (χ3n) is 2.86. The molecule has 0 saturated heterocycles. The molecule has 0 bridgehead atoms. The smallest absolute Gasteiger partial charge is 0.0447 e. The number of hydrogen-bond acceptors (Lipinski definition) is 3. The average molecular weight is 206 g/mol. The quantitative estimate of drug-likeness (QED) is 0.767. The molecule has 0 radical (unpaired) electrons. The molecular formula is C12H18N2O. The highest BCUT2D eigenvalue weighted by atomic mass is 16.3. The van der Waals surface area contributed by atoms with E-state index in [0.717, 1.165) is 25.9 Å². The van der Waals surface area contributed by atoms with Crippen molar-refractivity contribution in [3.05, 3.63) is 29.8 Å². The molecular weight excluding hydrogens is 188 g/mol. The predicted molar refractivity (Wildman–Crippen MR) is 62.0 cm³/mol. The van der Waals surface area contributed by atoms with E-state index in [-0.39, 0.29) is 12.6 Å². The predicted octanol–water partition coefficient (Wildman–Crippen LogP) is 0.759. The van der Waals surface area contributed by atoms with Gasteiger partial charge in [-0.15, -0.1) is 0 Å². The molecule has 0 amide bonds. The number of nitrogens with two attached hydrogens (primary N) is 1. The van der Waals surface area contributed by atoms with Gasteiger partial charge in [0.05, 0.1) is 0 Å². The van der Waals surface area contributed by atoms with Gasteiger partial charge in [0.1, 0.15) is 0 Å². The fourth-order valence-electron chi connectivity index (χ4n) is 2.19. The van der Waals surface area contributed by atoms with E-state index in [9.17, 15) is 0 Å². The van der Waals surface area contributed by atoms with Gasteiger partial charge in [-0.1, -0.05) is 18.2 Å². The van der Waals surface area contributed by atoms with E-state index in [1.54, 1.807) is 0 Å². The van der Waals surface area contributed by atoms with E-state index in [1.165, 1.54) is 11.3 Å². The van der Waals surface area contributed by atoms with E-state index in [2.05, 4.69) is 29.2 Å². The molecule has 0 spiro atoms. The minimum absolute atomic E-state index is 0.221. The van der Waals surface area contributed by atoms with E-state index >= 15 is 0 Å². The van der Waals surface area contributed by atoms with E-state index in [4.69, 9.17) is 10.8 Å². The van der Waals surface area contributed by atoms with Crippen molar-refractivity contribution >= 4 is 5.69 Å². The maximum atomic E-state index is 8.85. The first-order chi connectivity index (χ1) is 7.31. The minimum atomic E-state index is 0.221. The standard InChI is InChI=1S/C12H18N2O/c13-11-8-10-4-1-2-5-12(10)14(9-11)6-3-7-15/h1-2,4-5,11,15H,3,6-9,13H2. The summed E-state index contributed by atoms with van der Waals surface area (Å²) in [6, 6.07) is 8.61. The van der Waals surface area contributed by atoms with Crippen molar-refractivity contribution in [1.82, 2.24) is 0 Å². The number of benzene rings is 1. The Morgan fingerprint density at radius 3 is 3.00 bits per heavy atom. The number of hydrogen-bond donors (Lipinski definition) is 2. The topological polar surface area (TPSA) is 49.5 Å². The second kappa shape index (κ2) is 4.64. The lowest BCUT2D eigenvalue weighted by Crippen LogP contribution is -2.43. The second-order valence-electron chi connectivity index (χ2n) is 4.12. The van der Waals surface area contributed by atoms with Gasteiger partial charge < -0.3 is 15.7 Å². The highest BCUT2D eigenvalue weighted by Crippen LogP contribution is 2.26. The summed E-state index contributed by atoms with van der Waals surface area (Å²) in [5.41, 5.74) is 8.62. The van der Waals surface area contributed by atoms with Crippen LogP contribution in [0.25, 0.3) is 0 Å². The molecule has 1 aliphatic rings. The van der Waals surface area contributed by atoms with Crippen molar-refractivity contribution in [1.29, 1.82) is 0 Å². The van der Waals surface area contributed by atoms with Crippen molar-refractivity contribution in [2.45, 2.75) is 18.9 Å². The molecule has 3 N–H and O–H groups in total. The maximum Gasteiger partial charge on any atom is 0.0447 e. The second-order valence-corrected chi connectivity index (χ2v) is 4.12. The van der Waals surface area contributed by atoms with Crippen molar-refractivity contribution in [2.75, 3.05) is 24.6 Å². The van der Waals surface area contributed by atoms with Gasteiger partial charge in [-0.25, -0.2) is 0 Å². The zero-order valence-electron chi connectivity index (χ0n) is 8.89. The Morgan fingerprint density at radius 2 is 2.20 bits per heavy atom. The van der Waals surface area contributed by atoms with E-state index in [0.29, 0.717) is 0 Å². The number of para-hydroxylation sites is 1. The van der Waals surface area contributed by atoms with Gasteiger partial charge in [0.25, 0.3) is 0 Å². The van der Waals surface area contributed by atoms with Crippen molar-refractivity contribution in [3.63, 3.8) is 0 Å². The van der Waals surface area contributed by atoms with Gasteiger partial charge in [-0.05, 0) is 24.5 Å². The Morgan fingerprint density at radius 1 is 1.40 bits per heavy atom. The van der Waals surface area contributed by atoms with Crippen LogP contribution in [0.15, 0.2) is 24.3 Å². The molecule has 3 heteroatoms. The summed E-state index contributed by atoms with van der Waals surface area (Å²) >= 11 is 0. The van der Waals surface area contributed by atoms with Gasteiger partial charge in [0, 0.05) is 31.4 Å². The average Bonchev–Trinajstić information content (AvgIpc) is 2.25. The molecule has 2 rings (SSSR count). The SMILES string of the molecule is NC1Cc2ccccc2N(CCCO)C1. The van der Waals surface area contributed by atoms with Crippen LogP contribution in [0.1, 0.15) is 12.0 Å². The zero-order valence-corrected chi connectivity index (χ0v) is 8.89. The van der Waals surface area contributed by atoms with Gasteiger partial charge in [-0.2, -0.15) is 0 Å². The van der Waals surface area contributed by atoms with Crippen LogP contribution < -0.4 is 10.6 Å². The molecule has 0 fully saturated rings. The Kier molecular flexibility index (Phi) is 3.23. The van der Waals surface area contributed by atoms with Crippen LogP contribution in [0.3, 0.4) is 0 Å². The van der Waals surface area contributed by atoms with Gasteiger partial charge in [0.2, 0.25) is 0 Å². The Labute approximate surface area is 90.5 Å². The number of fused-ring (bicyclic) bond motifs is 1. The molecule has 1 aromatic carbocycles. The van der Waals surface area contributed by atoms with Gasteiger partial charge >= 0.3 is 0 Å². The molecule has 1 aromatic rings. The molecule has 82 valence electrons. The summed E-state index contributed by atoms with van der Waals surface area (Å²) < 4.78 is 0. The van der Waals surface area contributed by atoms with Crippen LogP contribution in [0.4, 0.5) is 5.69 Å². The van der Waals surface area contributed by atoms with Crippen molar-refractivity contribution in [3.8, 4) is 0 Å². The van der Waals surface area contributed by atoms with Crippen LogP contribution >= 0.6 is 0 Å². The highest BCUT2D eigenvalue weighted by molar-refractivity contribution is 5.56. The molecule has 15 heavy (non-hydrogen) atoms. The third-order valence-corrected chi connectivity index (χ3v) is 2.86. The molecule has 0 saturated carbocycles. The molecule has 0 aliphatic carbocycles. The fraction of sp³-hybridized carbons (Fsp3) is 0.500. The molecule has 1 aliphatic heterocycles. The van der Waals surface area contributed by atoms with Crippen LogP contribution in [-0.2, 0) is 6.42 Å². The number of nitrogens with zero attached hydrogens (tertiary/aromatic N) is 1. The lowest BCUT2D eigenvalue weighted by molar-refractivity contribution is 0.289. The summed E-state index contributed by atoms with van der Waals surface area (Å²) in [6.07, 6.45) is 1.77. The van der Waals surface area contributed by atoms with Crippen LogP contribution in [0.5, 0.6) is 0 Å². The third kappa shape index (κ3) is 2.30. The normalized spacial score (nSPS) is 20.1. The van der Waals surface area contributed by atoms with Crippen LogP contribution in [0.2, 0.25) is 0 Å². The highest BCUT2D eigenvalue weighted by Gasteiger charge is 2.20. The summed E-state index contributed by atoms with van der Waals surface area (Å²) in [7, 11) is 0. The first kappa shape index (κ1) is 10.5. The number of anilines is 1. The van der Waals surface area contributed by atoms with Crippen LogP contribution in [-0.4, -0.2) is 30.8 Å². The number of aliphatic hydroxyl groups is 1. The van der Waals surface area contributed by atoms with Gasteiger partial charge in [0.15, 0.2) is 0 Å². The van der Waals surface area contributed by atoms with Gasteiger partial charge in [-0.3, -0.25) is 0 Å². The van der Waals surface area contributed by atoms with E-state index < -0.39 is 0 Å². The first-order valence-electron chi connectivity index (χ1n) is 5.50. The monoisotopic (exact) mass is 206 g/mol. The molecule has 1 heterocycles. The molecule has 1 atom stereocenters. The number of rotatable bonds is 3. The summed E-state index contributed by atoms with van der Waals surface area (Å²) in [6.45, 7) is 2.03. The van der Waals surface area contributed by atoms with E-state index in [1.807, 2.05) is 0 Å². The first-order valence-corrected chi connectivity index (χ1v) is 5.50. The Balaban J connectivity index is 2.18. The lowest BCUT2D eigenvalue weighted by Gasteiger charge is -2.34. The summed E-state index contributed by atoms with van der Waals surface area (Å²) in [5, 5.41) is 8.85. The Hall–Kier alpha value is -1.06. The fourth-order valence-corrected chi connectivity index (χ4v) is 2.19. The summed E-state index contributed by atoms with van der Waals surface area (Å²) in [4.78, 5) is 2.28. The molecule has 3 nitrogen and oxygen atoms in total. The maximum absolute atomic E-state index is 8.85. The lowest BCUT2D eigenvalue weighted by atomic mass is 9.98. The van der Waals surface area contributed by atoms with Crippen molar-refractivity contribution in [2.24, 2.45) is 5.73 Å². The largest absolute Gasteiger partial charge is 0.396 e. The molecule has 0 aromatic heterocycles. The zero-order chi connectivity index (χ0) is 10.7. The molecule has 1 unspecified atom stereocenters. The van der Waals surface area contributed by atoms with Crippen LogP contribution in [0, 0.1) is 0 Å². The minimum Gasteiger partial charge on any atom is -0.396 e. The Bertz CT molecular complexity index is 327. The number of aliphatic hydroxyl groups excluding tert-OH is 1. The summed E-state index contributed by atoms with van der Waals surface area (Å²) in [5.74, 6) is 0. The van der Waals surface area contributed by atoms with Crippen molar-refractivity contribution < 1.29 is 5.11 Å².